The van der Waals surface area contributed by atoms with Gasteiger partial charge in [0, 0.05) is 49.4 Å². The number of halogens is 7. The third-order valence-electron chi connectivity index (χ3n) is 13.9. The Morgan fingerprint density at radius 3 is 1.52 bits per heavy atom. The number of alkyl halides is 3. The van der Waals surface area contributed by atoms with Gasteiger partial charge in [-0.25, -0.2) is 26.0 Å². The lowest BCUT2D eigenvalue weighted by molar-refractivity contribution is -0.143. The molecular weight excluding hydrogens is 1230 g/mol. The molecule has 0 heterocycles. The van der Waals surface area contributed by atoms with Crippen LogP contribution in [0.3, 0.4) is 0 Å². The van der Waals surface area contributed by atoms with Crippen molar-refractivity contribution in [3.63, 3.8) is 0 Å². The molecule has 7 nitrogen and oxygen atoms in total. The van der Waals surface area contributed by atoms with Crippen LogP contribution in [0.4, 0.5) is 53.5 Å². The number of aliphatic hydroxyl groups excluding tert-OH is 1. The molecule has 0 aliphatic carbocycles. The number of nitrogens with zero attached hydrogens (tertiary/aromatic N) is 3. The monoisotopic (exact) mass is 1330 g/mol. The lowest BCUT2D eigenvalue weighted by Crippen LogP contribution is -2.31. The summed E-state index contributed by atoms with van der Waals surface area (Å²) < 4.78 is 130. The minimum atomic E-state index is -5.59. The van der Waals surface area contributed by atoms with Crippen molar-refractivity contribution in [1.82, 2.24) is 0 Å². The highest BCUT2D eigenvalue weighted by Crippen LogP contribution is 2.45. The van der Waals surface area contributed by atoms with Gasteiger partial charge in [-0.3, -0.25) is 8.61 Å². The average Bonchev–Trinajstić information content (AvgIpc) is 0.843. The maximum atomic E-state index is 14.5. The van der Waals surface area contributed by atoms with Gasteiger partial charge in [0.1, 0.15) is 32.4 Å². The van der Waals surface area contributed by atoms with Gasteiger partial charge in [-0.2, -0.15) is 13.2 Å². The molecule has 2 unspecified atom stereocenters. The summed E-state index contributed by atoms with van der Waals surface area (Å²) in [6.45, 7) is 33.6. The Bertz CT molecular complexity index is 3270. The molecule has 0 saturated heterocycles. The van der Waals surface area contributed by atoms with Gasteiger partial charge in [0.25, 0.3) is 0 Å². The normalized spacial score (nSPS) is 12.6. The predicted octanol–water partition coefficient (Wildman–Crippen LogP) is 20.6. The summed E-state index contributed by atoms with van der Waals surface area (Å²) in [6, 6.07) is 49.6. The number of para-hydroxylation sites is 2. The van der Waals surface area contributed by atoms with Crippen LogP contribution in [0.2, 0.25) is 25.7 Å². The molecule has 0 bridgehead atoms. The van der Waals surface area contributed by atoms with Crippen molar-refractivity contribution in [3.8, 4) is 0 Å². The molecule has 7 aromatic rings. The standard InChI is InChI=1S/C25H30F7NS.C16H21NS.C15H17NO2S.C14H25NOSSi/c1-22(2,3)12-10-13(23(4,5)6)20(14(11-12)24(7,8)9)33-34-21-18(28)16(26)15(25(30,31)32)17(27)19(21)29;1-3-5-13-18-17(4-2)16-12-8-10-14-9-6-7-11-15(14)16;17-12-11-16(15-9-5-2-6-10-15)19(18)13-14-7-3-1-4-8-14;1-5-11-15(14-9-7-6-8-10-14)17(16)12-13-18(2,3)4/h10-11,33H,1-9H3;6-12H,3-5,13H2,1-2H3;1-10,17H,11-13H2;6-10H,5,11-13H2,1-4H3. The van der Waals surface area contributed by atoms with Crippen molar-refractivity contribution < 1.29 is 44.3 Å². The van der Waals surface area contributed by atoms with E-state index in [2.05, 4.69) is 91.9 Å². The topological polar surface area (TPSA) is 76.1 Å². The number of unbranched alkanes of at least 4 members (excludes halogenated alkanes) is 1. The summed E-state index contributed by atoms with van der Waals surface area (Å²) in [5.41, 5.74) is 3.68. The van der Waals surface area contributed by atoms with E-state index >= 15 is 0 Å². The number of fused-ring (bicyclic) bond motifs is 1. The second-order valence-corrected chi connectivity index (χ2v) is 36.0. The highest BCUT2D eigenvalue weighted by Gasteiger charge is 2.43. The lowest BCUT2D eigenvalue weighted by atomic mass is 9.74. The molecule has 0 fully saturated rings. The number of benzene rings is 7. The molecule has 0 saturated carbocycles. The number of nitrogens with one attached hydrogen (secondary N) is 1. The van der Waals surface area contributed by atoms with E-state index in [-0.39, 0.29) is 24.0 Å². The first-order valence-electron chi connectivity index (χ1n) is 30.2. The quantitative estimate of drug-likeness (QED) is 0.0230. The number of anilines is 4. The molecule has 19 heteroatoms. The van der Waals surface area contributed by atoms with Crippen LogP contribution in [0.5, 0.6) is 0 Å². The van der Waals surface area contributed by atoms with Gasteiger partial charge in [-0.1, -0.05) is 217 Å². The molecule has 89 heavy (non-hydrogen) atoms. The zero-order chi connectivity index (χ0) is 66.5. The molecular formula is C70H93F7N4O3S4Si. The Morgan fingerprint density at radius 1 is 0.584 bits per heavy atom. The Balaban J connectivity index is 0.000000266. The number of aliphatic hydroxyl groups is 1. The van der Waals surface area contributed by atoms with Crippen LogP contribution in [0.1, 0.15) is 130 Å². The van der Waals surface area contributed by atoms with Crippen molar-refractivity contribution in [2.24, 2.45) is 0 Å². The Hall–Kier alpha value is -5.31. The first kappa shape index (κ1) is 76.1. The highest BCUT2D eigenvalue weighted by molar-refractivity contribution is 8.00. The molecule has 7 rings (SSSR count). The summed E-state index contributed by atoms with van der Waals surface area (Å²) in [5.74, 6) is -6.72. The van der Waals surface area contributed by atoms with Crippen molar-refractivity contribution in [2.75, 3.05) is 55.4 Å². The molecule has 0 spiro atoms. The van der Waals surface area contributed by atoms with Crippen molar-refractivity contribution >= 4 is 87.5 Å². The zero-order valence-corrected chi connectivity index (χ0v) is 58.8. The predicted molar refractivity (Wildman–Crippen MR) is 372 cm³/mol. The highest BCUT2D eigenvalue weighted by atomic mass is 32.2. The third-order valence-corrected chi connectivity index (χ3v) is 21.0. The van der Waals surface area contributed by atoms with Crippen LogP contribution in [0.25, 0.3) is 10.8 Å². The molecule has 2 atom stereocenters. The first-order chi connectivity index (χ1) is 41.7. The number of hydrogen-bond acceptors (Lipinski definition) is 7. The minimum absolute atomic E-state index is 0.0184. The van der Waals surface area contributed by atoms with Crippen LogP contribution in [0.15, 0.2) is 150 Å². The van der Waals surface area contributed by atoms with E-state index in [4.69, 9.17) is 5.11 Å². The molecule has 0 aromatic heterocycles. The summed E-state index contributed by atoms with van der Waals surface area (Å²) in [5, 5.41) is 11.8. The average molecular weight is 1330 g/mol. The molecule has 7 aromatic carbocycles. The smallest absolute Gasteiger partial charge is 0.394 e. The van der Waals surface area contributed by atoms with E-state index in [1.54, 1.807) is 4.31 Å². The van der Waals surface area contributed by atoms with E-state index < -0.39 is 80.8 Å². The molecule has 2 N–H and O–H groups in total. The van der Waals surface area contributed by atoms with Crippen LogP contribution >= 0.6 is 23.9 Å². The number of rotatable bonds is 22. The fourth-order valence-corrected chi connectivity index (χ4v) is 16.3. The van der Waals surface area contributed by atoms with Gasteiger partial charge in [-0.15, -0.1) is 0 Å². The summed E-state index contributed by atoms with van der Waals surface area (Å²) in [4.78, 5) is -1.22. The summed E-state index contributed by atoms with van der Waals surface area (Å²) in [7, 11) is -3.18. The fraction of sp³-hybridized carbons (Fsp3) is 0.429. The van der Waals surface area contributed by atoms with Crippen LogP contribution in [0, 0.1) is 23.3 Å². The Labute approximate surface area is 541 Å². The fourth-order valence-electron chi connectivity index (χ4n) is 8.97. The number of hydrogen-bond donors (Lipinski definition) is 2. The second kappa shape index (κ2) is 34.9. The van der Waals surface area contributed by atoms with Gasteiger partial charge in [0.2, 0.25) is 0 Å². The van der Waals surface area contributed by atoms with Crippen molar-refractivity contribution in [3.05, 3.63) is 197 Å². The third kappa shape index (κ3) is 23.4. The molecule has 0 amide bonds. The van der Waals surface area contributed by atoms with Crippen molar-refractivity contribution in [2.45, 2.75) is 161 Å². The van der Waals surface area contributed by atoms with E-state index in [1.165, 1.54) is 35.1 Å². The van der Waals surface area contributed by atoms with Gasteiger partial charge in [0.15, 0.2) is 23.3 Å². The maximum absolute atomic E-state index is 14.5. The van der Waals surface area contributed by atoms with Crippen LogP contribution < -0.4 is 17.6 Å². The zero-order valence-electron chi connectivity index (χ0n) is 54.5. The minimum Gasteiger partial charge on any atom is -0.394 e. The van der Waals surface area contributed by atoms with Gasteiger partial charge < -0.3 is 14.1 Å². The lowest BCUT2D eigenvalue weighted by Gasteiger charge is -2.33. The van der Waals surface area contributed by atoms with Gasteiger partial charge in [0.05, 0.1) is 30.3 Å². The van der Waals surface area contributed by atoms with E-state index in [9.17, 15) is 39.2 Å². The molecule has 0 aliphatic heterocycles. The molecule has 0 aliphatic rings. The largest absolute Gasteiger partial charge is 0.422 e. The Kier molecular flexibility index (Phi) is 29.9. The van der Waals surface area contributed by atoms with Gasteiger partial charge in [-0.05, 0) is 124 Å². The van der Waals surface area contributed by atoms with E-state index in [1.807, 2.05) is 182 Å². The summed E-state index contributed by atoms with van der Waals surface area (Å²) in [6.07, 6.45) is -2.02. The Morgan fingerprint density at radius 2 is 1.07 bits per heavy atom. The van der Waals surface area contributed by atoms with Gasteiger partial charge >= 0.3 is 6.18 Å². The molecule has 488 valence electrons. The van der Waals surface area contributed by atoms with Crippen LogP contribution in [-0.4, -0.2) is 59.3 Å². The SMILES string of the molecule is CC(C)(C)c1cc(C(C)(C)C)c(NSc2c(F)c(F)c(C(F)(F)F)c(F)c2F)c(C(C)(C)C)c1.CCCCSN(CC)c1cccc2ccccc12.CCCN(c1ccccc1)S(=O)CC[Si](C)(C)C.O=S(Cc1ccccc1)N(CCO)c1ccccc1. The second-order valence-electron chi connectivity index (χ2n) is 25.6. The molecule has 0 radical (unpaired) electrons. The van der Waals surface area contributed by atoms with E-state index in [0.29, 0.717) is 18.0 Å². The van der Waals surface area contributed by atoms with E-state index in [0.717, 1.165) is 64.9 Å². The first-order valence-corrected chi connectivity index (χ1v) is 38.2. The maximum Gasteiger partial charge on any atom is 0.422 e. The van der Waals surface area contributed by atoms with Crippen molar-refractivity contribution in [1.29, 1.82) is 0 Å². The summed E-state index contributed by atoms with van der Waals surface area (Å²) >= 11 is 2.15. The van der Waals surface area contributed by atoms with Crippen LogP contribution in [-0.2, 0) is 50.1 Å².